The summed E-state index contributed by atoms with van der Waals surface area (Å²) < 4.78 is 24.2. The Morgan fingerprint density at radius 3 is 2.96 bits per heavy atom. The lowest BCUT2D eigenvalue weighted by atomic mass is 10.1. The van der Waals surface area contributed by atoms with Gasteiger partial charge in [-0.1, -0.05) is 6.07 Å². The molecule has 1 aliphatic rings. The Kier molecular flexibility index (Phi) is 5.10. The van der Waals surface area contributed by atoms with Gasteiger partial charge >= 0.3 is 0 Å². The Hall–Kier alpha value is -2.83. The highest BCUT2D eigenvalue weighted by Crippen LogP contribution is 2.32. The number of pyridine rings is 1. The van der Waals surface area contributed by atoms with Gasteiger partial charge in [-0.25, -0.2) is 4.39 Å². The smallest absolute Gasteiger partial charge is 0.231 e. The number of aromatic nitrogens is 1. The minimum Gasteiger partial charge on any atom is -0.454 e. The number of benzene rings is 1. The largest absolute Gasteiger partial charge is 0.454 e. The van der Waals surface area contributed by atoms with Crippen LogP contribution in [0.2, 0.25) is 0 Å². The van der Waals surface area contributed by atoms with E-state index in [2.05, 4.69) is 20.6 Å². The number of hydrogen-bond donors (Lipinski definition) is 2. The maximum Gasteiger partial charge on any atom is 0.231 e. The molecular formula is C17H19FN4O2. The number of rotatable bonds is 5. The van der Waals surface area contributed by atoms with Crippen molar-refractivity contribution in [3.63, 3.8) is 0 Å². The minimum absolute atomic E-state index is 0.274. The zero-order chi connectivity index (χ0) is 16.8. The molecule has 1 aromatic heterocycles. The summed E-state index contributed by atoms with van der Waals surface area (Å²) in [4.78, 5) is 8.12. The highest BCUT2D eigenvalue weighted by atomic mass is 19.1. The molecule has 126 valence electrons. The van der Waals surface area contributed by atoms with E-state index in [-0.39, 0.29) is 19.2 Å². The van der Waals surface area contributed by atoms with Crippen LogP contribution in [0.4, 0.5) is 4.39 Å². The van der Waals surface area contributed by atoms with Gasteiger partial charge in [-0.3, -0.25) is 9.98 Å². The molecule has 0 bridgehead atoms. The van der Waals surface area contributed by atoms with E-state index >= 15 is 0 Å². The molecule has 2 heterocycles. The van der Waals surface area contributed by atoms with Crippen molar-refractivity contribution in [3.05, 3.63) is 53.6 Å². The number of fused-ring (bicyclic) bond motifs is 1. The predicted octanol–water partition coefficient (Wildman–Crippen LogP) is 1.86. The van der Waals surface area contributed by atoms with E-state index in [1.54, 1.807) is 19.3 Å². The lowest BCUT2D eigenvalue weighted by Crippen LogP contribution is -2.38. The topological polar surface area (TPSA) is 67.8 Å². The number of hydrogen-bond acceptors (Lipinski definition) is 4. The number of guanidine groups is 1. The van der Waals surface area contributed by atoms with Crippen molar-refractivity contribution in [1.29, 1.82) is 0 Å². The second-order valence-electron chi connectivity index (χ2n) is 5.22. The van der Waals surface area contributed by atoms with E-state index in [4.69, 9.17) is 9.47 Å². The van der Waals surface area contributed by atoms with Gasteiger partial charge in [0, 0.05) is 19.8 Å². The van der Waals surface area contributed by atoms with Crippen LogP contribution in [0.15, 0.2) is 41.5 Å². The van der Waals surface area contributed by atoms with Gasteiger partial charge < -0.3 is 20.1 Å². The number of halogens is 1. The molecule has 7 heteroatoms. The molecule has 0 aliphatic carbocycles. The third-order valence-corrected chi connectivity index (χ3v) is 3.62. The summed E-state index contributed by atoms with van der Waals surface area (Å²) in [6.45, 7) is 1.23. The minimum atomic E-state index is -0.333. The van der Waals surface area contributed by atoms with Crippen molar-refractivity contribution in [2.45, 2.75) is 13.0 Å². The average Bonchev–Trinajstić information content (AvgIpc) is 3.07. The van der Waals surface area contributed by atoms with Crippen LogP contribution in [0, 0.1) is 5.82 Å². The molecule has 0 unspecified atom stereocenters. The molecule has 24 heavy (non-hydrogen) atoms. The molecule has 1 aliphatic heterocycles. The fraction of sp³-hybridized carbons (Fsp3) is 0.294. The van der Waals surface area contributed by atoms with Crippen molar-refractivity contribution in [2.75, 3.05) is 20.4 Å². The van der Waals surface area contributed by atoms with Gasteiger partial charge in [-0.05, 0) is 36.2 Å². The Morgan fingerprint density at radius 2 is 2.12 bits per heavy atom. The van der Waals surface area contributed by atoms with Gasteiger partial charge in [-0.15, -0.1) is 0 Å². The summed E-state index contributed by atoms with van der Waals surface area (Å²) in [5, 5.41) is 6.24. The molecule has 0 spiro atoms. The zero-order valence-corrected chi connectivity index (χ0v) is 13.4. The third kappa shape index (κ3) is 3.92. The van der Waals surface area contributed by atoms with Gasteiger partial charge in [0.25, 0.3) is 0 Å². The monoisotopic (exact) mass is 330 g/mol. The standard InChI is InChI=1S/C17H19FN4O2/c1-19-17(22-10-14-13(18)3-2-7-20-14)21-8-6-12-4-5-15-16(9-12)24-11-23-15/h2-5,7,9H,6,8,10-11H2,1H3,(H2,19,21,22). The third-order valence-electron chi connectivity index (χ3n) is 3.62. The fourth-order valence-corrected chi connectivity index (χ4v) is 2.36. The van der Waals surface area contributed by atoms with Gasteiger partial charge in [0.15, 0.2) is 17.5 Å². The normalized spacial score (nSPS) is 13.0. The summed E-state index contributed by atoms with van der Waals surface area (Å²) in [7, 11) is 1.67. The summed E-state index contributed by atoms with van der Waals surface area (Å²) in [6, 6.07) is 8.85. The fourth-order valence-electron chi connectivity index (χ4n) is 2.36. The highest BCUT2D eigenvalue weighted by Gasteiger charge is 2.13. The average molecular weight is 330 g/mol. The maximum absolute atomic E-state index is 13.5. The van der Waals surface area contributed by atoms with Crippen LogP contribution < -0.4 is 20.1 Å². The predicted molar refractivity (Wildman–Crippen MR) is 88.7 cm³/mol. The Labute approximate surface area is 139 Å². The van der Waals surface area contributed by atoms with E-state index < -0.39 is 0 Å². The number of ether oxygens (including phenoxy) is 2. The molecule has 1 aromatic carbocycles. The van der Waals surface area contributed by atoms with E-state index in [9.17, 15) is 4.39 Å². The van der Waals surface area contributed by atoms with Crippen molar-refractivity contribution in [1.82, 2.24) is 15.6 Å². The van der Waals surface area contributed by atoms with Crippen LogP contribution >= 0.6 is 0 Å². The molecule has 2 aromatic rings. The van der Waals surface area contributed by atoms with Crippen molar-refractivity contribution in [3.8, 4) is 11.5 Å². The van der Waals surface area contributed by atoms with Crippen molar-refractivity contribution in [2.24, 2.45) is 4.99 Å². The molecule has 0 saturated heterocycles. The Morgan fingerprint density at radius 1 is 1.25 bits per heavy atom. The SMILES string of the molecule is CN=C(NCCc1ccc2c(c1)OCO2)NCc1ncccc1F. The van der Waals surface area contributed by atoms with Crippen LogP contribution in [0.1, 0.15) is 11.3 Å². The molecule has 0 amide bonds. The first-order valence-electron chi connectivity index (χ1n) is 7.68. The van der Waals surface area contributed by atoms with Crippen LogP contribution in [0.3, 0.4) is 0 Å². The van der Waals surface area contributed by atoms with Crippen molar-refractivity contribution >= 4 is 5.96 Å². The van der Waals surface area contributed by atoms with Crippen LogP contribution in [0.5, 0.6) is 11.5 Å². The van der Waals surface area contributed by atoms with Gasteiger partial charge in [0.05, 0.1) is 12.2 Å². The first-order chi connectivity index (χ1) is 11.8. The molecule has 2 N–H and O–H groups in total. The van der Waals surface area contributed by atoms with Gasteiger partial charge in [-0.2, -0.15) is 0 Å². The number of aliphatic imine (C=N–C) groups is 1. The number of nitrogens with one attached hydrogen (secondary N) is 2. The number of nitrogens with zero attached hydrogens (tertiary/aromatic N) is 2. The Bertz CT molecular complexity index is 736. The molecular weight excluding hydrogens is 311 g/mol. The summed E-state index contributed by atoms with van der Waals surface area (Å²) in [6.07, 6.45) is 2.37. The van der Waals surface area contributed by atoms with E-state index in [1.807, 2.05) is 18.2 Å². The van der Waals surface area contributed by atoms with Crippen LogP contribution in [0.25, 0.3) is 0 Å². The summed E-state index contributed by atoms with van der Waals surface area (Å²) >= 11 is 0. The van der Waals surface area contributed by atoms with Crippen molar-refractivity contribution < 1.29 is 13.9 Å². The second-order valence-corrected chi connectivity index (χ2v) is 5.22. The molecule has 0 saturated carbocycles. The molecule has 0 radical (unpaired) electrons. The Balaban J connectivity index is 1.47. The molecule has 0 fully saturated rings. The lowest BCUT2D eigenvalue weighted by molar-refractivity contribution is 0.174. The van der Waals surface area contributed by atoms with Crippen LogP contribution in [-0.2, 0) is 13.0 Å². The van der Waals surface area contributed by atoms with Crippen LogP contribution in [-0.4, -0.2) is 31.3 Å². The molecule has 6 nitrogen and oxygen atoms in total. The summed E-state index contributed by atoms with van der Waals surface area (Å²) in [5.41, 5.74) is 1.49. The van der Waals surface area contributed by atoms with E-state index in [1.165, 1.54) is 6.07 Å². The van der Waals surface area contributed by atoms with E-state index in [0.717, 1.165) is 23.5 Å². The van der Waals surface area contributed by atoms with E-state index in [0.29, 0.717) is 18.2 Å². The van der Waals surface area contributed by atoms with Gasteiger partial charge in [0.2, 0.25) is 6.79 Å². The zero-order valence-electron chi connectivity index (χ0n) is 13.4. The second kappa shape index (κ2) is 7.63. The quantitative estimate of drug-likeness (QED) is 0.647. The highest BCUT2D eigenvalue weighted by molar-refractivity contribution is 5.79. The first kappa shape index (κ1) is 16.0. The summed E-state index contributed by atoms with van der Waals surface area (Å²) in [5.74, 6) is 1.82. The molecule has 3 rings (SSSR count). The first-order valence-corrected chi connectivity index (χ1v) is 7.68. The maximum atomic E-state index is 13.5. The van der Waals surface area contributed by atoms with Gasteiger partial charge in [0.1, 0.15) is 5.82 Å². The molecule has 0 atom stereocenters. The lowest BCUT2D eigenvalue weighted by Gasteiger charge is -2.12.